The summed E-state index contributed by atoms with van der Waals surface area (Å²) in [6, 6.07) is 6.95. The Balaban J connectivity index is 1.60. The summed E-state index contributed by atoms with van der Waals surface area (Å²) in [5, 5.41) is 12.2. The molecule has 2 aromatic rings. The number of aromatic carboxylic acids is 1. The van der Waals surface area contributed by atoms with Crippen molar-refractivity contribution in [1.29, 1.82) is 0 Å². The molecule has 1 aliphatic carbocycles. The Labute approximate surface area is 165 Å². The largest absolute Gasteiger partial charge is 0.478 e. The summed E-state index contributed by atoms with van der Waals surface area (Å²) < 4.78 is 0. The van der Waals surface area contributed by atoms with Crippen molar-refractivity contribution in [1.82, 2.24) is 9.97 Å². The maximum absolute atomic E-state index is 11.0. The van der Waals surface area contributed by atoms with E-state index in [0.717, 1.165) is 24.5 Å². The molecule has 4 rings (SSSR count). The van der Waals surface area contributed by atoms with Crippen molar-refractivity contribution in [2.45, 2.75) is 46.1 Å². The zero-order valence-corrected chi connectivity index (χ0v) is 16.6. The number of fused-ring (bicyclic) bond motifs is 2. The monoisotopic (exact) mass is 381 g/mol. The van der Waals surface area contributed by atoms with Crippen LogP contribution in [0.3, 0.4) is 0 Å². The molecule has 0 radical (unpaired) electrons. The second-order valence-electron chi connectivity index (χ2n) is 9.31. The Morgan fingerprint density at radius 1 is 1.21 bits per heavy atom. The van der Waals surface area contributed by atoms with Gasteiger partial charge in [0, 0.05) is 18.3 Å². The van der Waals surface area contributed by atoms with Gasteiger partial charge in [0.1, 0.15) is 12.0 Å². The Hall–Kier alpha value is -2.83. The van der Waals surface area contributed by atoms with Gasteiger partial charge in [-0.3, -0.25) is 0 Å². The van der Waals surface area contributed by atoms with Gasteiger partial charge in [-0.1, -0.05) is 20.8 Å². The molecule has 0 amide bonds. The summed E-state index contributed by atoms with van der Waals surface area (Å²) in [7, 11) is 0. The molecule has 2 fully saturated rings. The van der Waals surface area contributed by atoms with Gasteiger partial charge in [0.25, 0.3) is 0 Å². The molecule has 1 aromatic carbocycles. The summed E-state index contributed by atoms with van der Waals surface area (Å²) in [4.78, 5) is 22.2. The maximum Gasteiger partial charge on any atom is 0.335 e. The first-order valence-corrected chi connectivity index (χ1v) is 9.63. The van der Waals surface area contributed by atoms with Crippen molar-refractivity contribution in [3.05, 3.63) is 36.2 Å². The van der Waals surface area contributed by atoms with Crippen LogP contribution in [0.15, 0.2) is 30.6 Å². The molecule has 28 heavy (non-hydrogen) atoms. The van der Waals surface area contributed by atoms with E-state index in [4.69, 9.17) is 10.8 Å². The number of anilines is 4. The number of carboxylic acid groups (broad SMARTS) is 1. The van der Waals surface area contributed by atoms with E-state index in [1.54, 1.807) is 24.3 Å². The highest BCUT2D eigenvalue weighted by atomic mass is 16.4. The van der Waals surface area contributed by atoms with E-state index in [2.05, 4.69) is 41.0 Å². The van der Waals surface area contributed by atoms with Crippen LogP contribution in [0, 0.1) is 10.8 Å². The first kappa shape index (κ1) is 18.5. The van der Waals surface area contributed by atoms with Crippen LogP contribution in [0.2, 0.25) is 0 Å². The van der Waals surface area contributed by atoms with E-state index >= 15 is 0 Å². The molecule has 7 nitrogen and oxygen atoms in total. The minimum atomic E-state index is -0.952. The number of carbonyl (C=O) groups is 1. The van der Waals surface area contributed by atoms with E-state index in [1.807, 2.05) is 0 Å². The van der Waals surface area contributed by atoms with Crippen LogP contribution in [0.4, 0.5) is 23.0 Å². The first-order chi connectivity index (χ1) is 13.2. The maximum atomic E-state index is 11.0. The fourth-order valence-corrected chi connectivity index (χ4v) is 5.26. The van der Waals surface area contributed by atoms with Gasteiger partial charge in [0.2, 0.25) is 0 Å². The van der Waals surface area contributed by atoms with Gasteiger partial charge < -0.3 is 21.1 Å². The Bertz CT molecular complexity index is 912. The molecule has 1 aliphatic heterocycles. The van der Waals surface area contributed by atoms with Gasteiger partial charge in [-0.25, -0.2) is 14.8 Å². The fraction of sp³-hybridized carbons (Fsp3) is 0.476. The van der Waals surface area contributed by atoms with E-state index < -0.39 is 5.97 Å². The lowest BCUT2D eigenvalue weighted by atomic mass is 9.65. The van der Waals surface area contributed by atoms with Crippen molar-refractivity contribution in [3.63, 3.8) is 0 Å². The van der Waals surface area contributed by atoms with Gasteiger partial charge in [-0.15, -0.1) is 0 Å². The smallest absolute Gasteiger partial charge is 0.335 e. The molecule has 0 spiro atoms. The molecule has 2 aliphatic rings. The van der Waals surface area contributed by atoms with Crippen molar-refractivity contribution in [2.24, 2.45) is 10.8 Å². The Morgan fingerprint density at radius 3 is 2.61 bits per heavy atom. The van der Waals surface area contributed by atoms with Crippen LogP contribution >= 0.6 is 0 Å². The van der Waals surface area contributed by atoms with Gasteiger partial charge >= 0.3 is 5.97 Å². The predicted molar refractivity (Wildman–Crippen MR) is 110 cm³/mol. The van der Waals surface area contributed by atoms with Crippen LogP contribution in [0.5, 0.6) is 0 Å². The molecule has 1 saturated carbocycles. The Kier molecular flexibility index (Phi) is 4.21. The highest BCUT2D eigenvalue weighted by Crippen LogP contribution is 2.54. The third-order valence-corrected chi connectivity index (χ3v) is 5.94. The highest BCUT2D eigenvalue weighted by molar-refractivity contribution is 5.88. The lowest BCUT2D eigenvalue weighted by Gasteiger charge is -2.39. The van der Waals surface area contributed by atoms with Gasteiger partial charge in [-0.05, 0) is 54.4 Å². The zero-order valence-electron chi connectivity index (χ0n) is 16.6. The molecule has 2 atom stereocenters. The number of aromatic nitrogens is 2. The number of hydrogen-bond acceptors (Lipinski definition) is 6. The number of nitrogens with zero attached hydrogens (tertiary/aromatic N) is 3. The van der Waals surface area contributed by atoms with Gasteiger partial charge in [0.05, 0.1) is 5.56 Å². The quantitative estimate of drug-likeness (QED) is 0.737. The average Bonchev–Trinajstić information content (AvgIpc) is 2.86. The summed E-state index contributed by atoms with van der Waals surface area (Å²) in [5.41, 5.74) is 8.56. The molecule has 4 N–H and O–H groups in total. The fourth-order valence-electron chi connectivity index (χ4n) is 5.26. The number of carboxylic acids is 1. The molecule has 1 aromatic heterocycles. The molecule has 2 heterocycles. The number of nitrogen functional groups attached to an aromatic ring is 1. The van der Waals surface area contributed by atoms with Crippen LogP contribution in [-0.4, -0.2) is 33.6 Å². The van der Waals surface area contributed by atoms with Crippen molar-refractivity contribution >= 4 is 29.0 Å². The van der Waals surface area contributed by atoms with E-state index in [-0.39, 0.29) is 11.0 Å². The number of nitrogens with two attached hydrogens (primary N) is 1. The molecule has 148 valence electrons. The van der Waals surface area contributed by atoms with E-state index in [9.17, 15) is 4.79 Å². The molecule has 1 saturated heterocycles. The van der Waals surface area contributed by atoms with Crippen LogP contribution in [0.1, 0.15) is 50.4 Å². The zero-order chi connectivity index (χ0) is 20.1. The third kappa shape index (κ3) is 3.37. The molecule has 2 unspecified atom stereocenters. The molecular weight excluding hydrogens is 354 g/mol. The molecule has 2 bridgehead atoms. The minimum absolute atomic E-state index is 0.238. The molecular formula is C21H27N5O2. The summed E-state index contributed by atoms with van der Waals surface area (Å²) in [6.07, 6.45) is 5.04. The van der Waals surface area contributed by atoms with Crippen LogP contribution in [0.25, 0.3) is 0 Å². The van der Waals surface area contributed by atoms with E-state index in [1.165, 1.54) is 19.2 Å². The highest BCUT2D eigenvalue weighted by Gasteiger charge is 2.50. The average molecular weight is 381 g/mol. The standard InChI is InChI=1S/C21H27N5O2/c1-20(2)8-15-9-21(3,10-20)11-26(15)18-16(22)17(23-12-24-18)25-14-6-4-13(5-7-14)19(27)28/h4-7,12,15H,8-11,22H2,1-3H3,(H,27,28)(H,23,24,25). The first-order valence-electron chi connectivity index (χ1n) is 9.63. The van der Waals surface area contributed by atoms with Gasteiger partial charge in [-0.2, -0.15) is 0 Å². The lowest BCUT2D eigenvalue weighted by Crippen LogP contribution is -2.35. The second kappa shape index (κ2) is 6.36. The number of rotatable bonds is 4. The summed E-state index contributed by atoms with van der Waals surface area (Å²) in [6.45, 7) is 8.01. The number of nitrogens with one attached hydrogen (secondary N) is 1. The SMILES string of the molecule is CC1(C)CC2CC(C)(CN2c2ncnc(Nc3ccc(C(=O)O)cc3)c2N)C1. The van der Waals surface area contributed by atoms with Gasteiger partial charge in [0.15, 0.2) is 11.6 Å². The third-order valence-electron chi connectivity index (χ3n) is 5.94. The second-order valence-corrected chi connectivity index (χ2v) is 9.31. The van der Waals surface area contributed by atoms with E-state index in [0.29, 0.717) is 23.0 Å². The topological polar surface area (TPSA) is 104 Å². The Morgan fingerprint density at radius 2 is 1.93 bits per heavy atom. The normalized spacial score (nSPS) is 25.5. The van der Waals surface area contributed by atoms with Crippen molar-refractivity contribution in [2.75, 3.05) is 22.5 Å². The molecule has 7 heteroatoms. The van der Waals surface area contributed by atoms with Crippen molar-refractivity contribution < 1.29 is 9.90 Å². The lowest BCUT2D eigenvalue weighted by molar-refractivity contribution is 0.0697. The van der Waals surface area contributed by atoms with Crippen molar-refractivity contribution in [3.8, 4) is 0 Å². The van der Waals surface area contributed by atoms with Crippen LogP contribution in [-0.2, 0) is 0 Å². The number of hydrogen-bond donors (Lipinski definition) is 3. The summed E-state index contributed by atoms with van der Waals surface area (Å²) >= 11 is 0. The van der Waals surface area contributed by atoms with Crippen LogP contribution < -0.4 is 16.0 Å². The summed E-state index contributed by atoms with van der Waals surface area (Å²) in [5.74, 6) is 0.372. The number of benzene rings is 1. The predicted octanol–water partition coefficient (Wildman–Crippen LogP) is 3.91. The minimum Gasteiger partial charge on any atom is -0.478 e.